The van der Waals surface area contributed by atoms with Gasteiger partial charge >= 0.3 is 0 Å². The molecular weight excluding hydrogens is 314 g/mol. The van der Waals surface area contributed by atoms with Gasteiger partial charge in [-0.25, -0.2) is 9.97 Å². The molecule has 0 fully saturated rings. The first-order chi connectivity index (χ1) is 9.35. The summed E-state index contributed by atoms with van der Waals surface area (Å²) in [5.74, 6) is 0.767. The highest BCUT2D eigenvalue weighted by Crippen LogP contribution is 2.25. The minimum Gasteiger partial charge on any atom is -0.306 e. The maximum atomic E-state index is 4.66. The fourth-order valence-corrected chi connectivity index (χ4v) is 2.31. The number of rotatable bonds is 3. The van der Waals surface area contributed by atoms with Crippen LogP contribution in [0.3, 0.4) is 0 Å². The van der Waals surface area contributed by atoms with Gasteiger partial charge in [0, 0.05) is 27.8 Å². The van der Waals surface area contributed by atoms with Gasteiger partial charge in [0.1, 0.15) is 0 Å². The van der Waals surface area contributed by atoms with Gasteiger partial charge in [-0.2, -0.15) is 0 Å². The summed E-state index contributed by atoms with van der Waals surface area (Å²) in [5, 5.41) is 3.46. The summed E-state index contributed by atoms with van der Waals surface area (Å²) >= 11 is 3.56. The van der Waals surface area contributed by atoms with Crippen molar-refractivity contribution in [2.24, 2.45) is 0 Å². The van der Waals surface area contributed by atoms with Gasteiger partial charge in [0.2, 0.25) is 0 Å². The van der Waals surface area contributed by atoms with Crippen LogP contribution < -0.4 is 5.32 Å². The molecule has 1 heterocycles. The summed E-state index contributed by atoms with van der Waals surface area (Å²) in [6.45, 7) is 9.19. The van der Waals surface area contributed by atoms with Crippen molar-refractivity contribution in [3.05, 3.63) is 46.2 Å². The molecule has 0 saturated carbocycles. The number of halogens is 1. The minimum atomic E-state index is 0.0757. The molecule has 0 bridgehead atoms. The first-order valence-electron chi connectivity index (χ1n) is 6.70. The Hall–Kier alpha value is -1.26. The van der Waals surface area contributed by atoms with Crippen LogP contribution in [-0.2, 0) is 6.54 Å². The number of hydrogen-bond acceptors (Lipinski definition) is 3. The van der Waals surface area contributed by atoms with Gasteiger partial charge in [-0.1, -0.05) is 34.1 Å². The summed E-state index contributed by atoms with van der Waals surface area (Å²) in [4.78, 5) is 9.20. The number of aromatic nitrogens is 2. The Balaban J connectivity index is 2.32. The quantitative estimate of drug-likeness (QED) is 0.918. The van der Waals surface area contributed by atoms with E-state index in [-0.39, 0.29) is 5.54 Å². The van der Waals surface area contributed by atoms with Crippen molar-refractivity contribution in [3.63, 3.8) is 0 Å². The van der Waals surface area contributed by atoms with Crippen molar-refractivity contribution in [1.29, 1.82) is 0 Å². The van der Waals surface area contributed by atoms with E-state index in [0.717, 1.165) is 33.8 Å². The van der Waals surface area contributed by atoms with E-state index >= 15 is 0 Å². The molecule has 20 heavy (non-hydrogen) atoms. The Kier molecular flexibility index (Phi) is 4.55. The molecule has 2 rings (SSSR count). The lowest BCUT2D eigenvalue weighted by Gasteiger charge is -2.20. The summed E-state index contributed by atoms with van der Waals surface area (Å²) < 4.78 is 1.01. The Morgan fingerprint density at radius 1 is 1.15 bits per heavy atom. The highest BCUT2D eigenvalue weighted by Gasteiger charge is 2.11. The molecule has 3 nitrogen and oxygen atoms in total. The third-order valence-corrected chi connectivity index (χ3v) is 3.51. The molecule has 4 heteroatoms. The van der Waals surface area contributed by atoms with Crippen LogP contribution in [0, 0.1) is 6.92 Å². The van der Waals surface area contributed by atoms with Crippen LogP contribution in [-0.4, -0.2) is 15.5 Å². The average molecular weight is 334 g/mol. The van der Waals surface area contributed by atoms with E-state index in [1.807, 2.05) is 37.3 Å². The van der Waals surface area contributed by atoms with Crippen molar-refractivity contribution in [2.45, 2.75) is 39.8 Å². The number of nitrogens with one attached hydrogen (secondary N) is 1. The Morgan fingerprint density at radius 2 is 1.85 bits per heavy atom. The van der Waals surface area contributed by atoms with Gasteiger partial charge in [-0.15, -0.1) is 0 Å². The molecule has 2 aromatic rings. The summed E-state index contributed by atoms with van der Waals surface area (Å²) in [6, 6.07) is 10.1. The van der Waals surface area contributed by atoms with Crippen molar-refractivity contribution < 1.29 is 0 Å². The molecule has 0 unspecified atom stereocenters. The summed E-state index contributed by atoms with van der Waals surface area (Å²) in [6.07, 6.45) is 0. The van der Waals surface area contributed by atoms with E-state index in [1.54, 1.807) is 0 Å². The van der Waals surface area contributed by atoms with E-state index in [1.165, 1.54) is 0 Å². The monoisotopic (exact) mass is 333 g/mol. The van der Waals surface area contributed by atoms with Gasteiger partial charge < -0.3 is 5.32 Å². The fourth-order valence-electron chi connectivity index (χ4n) is 1.84. The van der Waals surface area contributed by atoms with Crippen molar-refractivity contribution in [2.75, 3.05) is 0 Å². The van der Waals surface area contributed by atoms with Crippen LogP contribution in [0.15, 0.2) is 34.8 Å². The van der Waals surface area contributed by atoms with Crippen molar-refractivity contribution in [1.82, 2.24) is 15.3 Å². The van der Waals surface area contributed by atoms with Crippen molar-refractivity contribution in [3.8, 4) is 11.4 Å². The molecule has 0 aliphatic carbocycles. The predicted octanol–water partition coefficient (Wildman–Crippen LogP) is 4.10. The van der Waals surface area contributed by atoms with Crippen molar-refractivity contribution >= 4 is 15.9 Å². The zero-order valence-electron chi connectivity index (χ0n) is 12.4. The SMILES string of the molecule is Cc1cc(CNC(C)(C)C)nc(-c2ccccc2Br)n1. The fraction of sp³-hybridized carbons (Fsp3) is 0.375. The maximum Gasteiger partial charge on any atom is 0.160 e. The molecule has 0 amide bonds. The van der Waals surface area contributed by atoms with E-state index in [0.29, 0.717) is 0 Å². The zero-order chi connectivity index (χ0) is 14.8. The number of benzene rings is 1. The second-order valence-corrected chi connectivity index (χ2v) is 6.76. The molecule has 1 aromatic heterocycles. The molecule has 0 spiro atoms. The predicted molar refractivity (Wildman–Crippen MR) is 86.5 cm³/mol. The molecular formula is C16H20BrN3. The van der Waals surface area contributed by atoms with Crippen LogP contribution in [0.1, 0.15) is 32.2 Å². The molecule has 0 aliphatic rings. The lowest BCUT2D eigenvalue weighted by molar-refractivity contribution is 0.421. The standard InChI is InChI=1S/C16H20BrN3/c1-11-9-12(10-18-16(2,3)4)20-15(19-11)13-7-5-6-8-14(13)17/h5-9,18H,10H2,1-4H3. The first-order valence-corrected chi connectivity index (χ1v) is 7.49. The van der Waals surface area contributed by atoms with Gasteiger partial charge in [0.05, 0.1) is 5.69 Å². The molecule has 0 radical (unpaired) electrons. The third kappa shape index (κ3) is 4.12. The molecule has 1 aromatic carbocycles. The smallest absolute Gasteiger partial charge is 0.160 e. The summed E-state index contributed by atoms with van der Waals surface area (Å²) in [5.41, 5.74) is 3.09. The number of hydrogen-bond donors (Lipinski definition) is 1. The number of aryl methyl sites for hydroxylation is 1. The lowest BCUT2D eigenvalue weighted by Crippen LogP contribution is -2.35. The molecule has 106 valence electrons. The molecule has 1 N–H and O–H groups in total. The molecule has 0 atom stereocenters. The van der Waals surface area contributed by atoms with E-state index in [2.05, 4.69) is 52.0 Å². The van der Waals surface area contributed by atoms with E-state index in [4.69, 9.17) is 0 Å². The minimum absolute atomic E-state index is 0.0757. The van der Waals surface area contributed by atoms with Crippen LogP contribution in [0.4, 0.5) is 0 Å². The van der Waals surface area contributed by atoms with E-state index < -0.39 is 0 Å². The van der Waals surface area contributed by atoms with Gasteiger partial charge in [-0.3, -0.25) is 0 Å². The Labute approximate surface area is 129 Å². The second-order valence-electron chi connectivity index (χ2n) is 5.91. The lowest BCUT2D eigenvalue weighted by atomic mass is 10.1. The normalized spacial score (nSPS) is 11.7. The first kappa shape index (κ1) is 15.1. The Bertz CT molecular complexity index is 603. The van der Waals surface area contributed by atoms with E-state index in [9.17, 15) is 0 Å². The van der Waals surface area contributed by atoms with Crippen LogP contribution >= 0.6 is 15.9 Å². The second kappa shape index (κ2) is 6.02. The highest BCUT2D eigenvalue weighted by molar-refractivity contribution is 9.10. The molecule has 0 aliphatic heterocycles. The van der Waals surface area contributed by atoms with Crippen LogP contribution in [0.5, 0.6) is 0 Å². The summed E-state index contributed by atoms with van der Waals surface area (Å²) in [7, 11) is 0. The third-order valence-electron chi connectivity index (χ3n) is 2.82. The average Bonchev–Trinajstić information content (AvgIpc) is 2.35. The van der Waals surface area contributed by atoms with Crippen LogP contribution in [0.2, 0.25) is 0 Å². The topological polar surface area (TPSA) is 37.8 Å². The van der Waals surface area contributed by atoms with Gasteiger partial charge in [-0.05, 0) is 39.8 Å². The number of nitrogens with zero attached hydrogens (tertiary/aromatic N) is 2. The highest BCUT2D eigenvalue weighted by atomic mass is 79.9. The molecule has 0 saturated heterocycles. The van der Waals surface area contributed by atoms with Gasteiger partial charge in [0.25, 0.3) is 0 Å². The largest absolute Gasteiger partial charge is 0.306 e. The maximum absolute atomic E-state index is 4.66. The van der Waals surface area contributed by atoms with Crippen LogP contribution in [0.25, 0.3) is 11.4 Å². The Morgan fingerprint density at radius 3 is 2.50 bits per heavy atom. The van der Waals surface area contributed by atoms with Gasteiger partial charge in [0.15, 0.2) is 5.82 Å². The zero-order valence-corrected chi connectivity index (χ0v) is 14.0.